The fourth-order valence-corrected chi connectivity index (χ4v) is 2.49. The molecule has 2 aromatic rings. The molecule has 0 bridgehead atoms. The first-order valence-corrected chi connectivity index (χ1v) is 8.33. The Hall–Kier alpha value is -2.28. The molecule has 0 atom stereocenters. The zero-order valence-corrected chi connectivity index (χ0v) is 15.7. The Labute approximate surface area is 155 Å². The summed E-state index contributed by atoms with van der Waals surface area (Å²) in [7, 11) is 3.50. The smallest absolute Gasteiger partial charge is 0.366 e. The lowest BCUT2D eigenvalue weighted by atomic mass is 10.1. The van der Waals surface area contributed by atoms with Crippen molar-refractivity contribution in [2.45, 2.75) is 20.0 Å². The number of anilines is 2. The third-order valence-corrected chi connectivity index (χ3v) is 4.19. The van der Waals surface area contributed by atoms with E-state index in [1.165, 1.54) is 17.0 Å². The van der Waals surface area contributed by atoms with Gasteiger partial charge in [0.15, 0.2) is 0 Å². The largest absolute Gasteiger partial charge is 0.433 e. The van der Waals surface area contributed by atoms with E-state index in [0.29, 0.717) is 16.4 Å². The lowest BCUT2D eigenvalue weighted by Crippen LogP contribution is -2.16. The second kappa shape index (κ2) is 7.95. The van der Waals surface area contributed by atoms with Gasteiger partial charge in [0, 0.05) is 20.6 Å². The molecule has 140 valence electrons. The molecular weight excluding hydrogens is 365 g/mol. The van der Waals surface area contributed by atoms with Crippen LogP contribution in [0.25, 0.3) is 0 Å². The maximum Gasteiger partial charge on any atom is 0.433 e. The van der Waals surface area contributed by atoms with Gasteiger partial charge in [-0.1, -0.05) is 17.7 Å². The van der Waals surface area contributed by atoms with E-state index < -0.39 is 11.9 Å². The van der Waals surface area contributed by atoms with Crippen LogP contribution in [-0.4, -0.2) is 36.9 Å². The molecule has 4 nitrogen and oxygen atoms in total. The number of rotatable bonds is 5. The Morgan fingerprint density at radius 3 is 2.54 bits per heavy atom. The molecule has 0 radical (unpaired) electrons. The summed E-state index contributed by atoms with van der Waals surface area (Å²) in [5.41, 5.74) is 1.01. The molecule has 0 unspecified atom stereocenters. The molecule has 0 fully saturated rings. The summed E-state index contributed by atoms with van der Waals surface area (Å²) in [4.78, 5) is 11.5. The molecule has 8 heteroatoms. The molecule has 0 aliphatic carbocycles. The second-order valence-electron chi connectivity index (χ2n) is 5.87. The highest BCUT2D eigenvalue weighted by atomic mass is 35.5. The third kappa shape index (κ3) is 4.66. The molecule has 26 heavy (non-hydrogen) atoms. The molecular formula is C18H20ClF3N4. The standard InChI is InChI=1S/C18H20ClF3N4/c1-5-25(3)11-23-13-9-12(2)10-14(17(13)19)26(4)16-8-6-7-15(24-16)18(20,21)22/h6-11H,5H2,1-4H3. The quantitative estimate of drug-likeness (QED) is 0.508. The maximum absolute atomic E-state index is 12.9. The summed E-state index contributed by atoms with van der Waals surface area (Å²) >= 11 is 6.46. The van der Waals surface area contributed by atoms with Crippen molar-refractivity contribution in [1.29, 1.82) is 0 Å². The summed E-state index contributed by atoms with van der Waals surface area (Å²) in [6, 6.07) is 7.36. The van der Waals surface area contributed by atoms with Crippen LogP contribution in [0.2, 0.25) is 5.02 Å². The molecule has 1 heterocycles. The maximum atomic E-state index is 12.9. The van der Waals surface area contributed by atoms with Gasteiger partial charge in [-0.15, -0.1) is 0 Å². The van der Waals surface area contributed by atoms with Gasteiger partial charge in [0.05, 0.1) is 22.7 Å². The summed E-state index contributed by atoms with van der Waals surface area (Å²) in [5.74, 6) is 0.146. The summed E-state index contributed by atoms with van der Waals surface area (Å²) in [6.07, 6.45) is -2.85. The monoisotopic (exact) mass is 384 g/mol. The van der Waals surface area contributed by atoms with Crippen molar-refractivity contribution in [1.82, 2.24) is 9.88 Å². The molecule has 0 saturated carbocycles. The van der Waals surface area contributed by atoms with Gasteiger partial charge in [-0.05, 0) is 43.7 Å². The minimum absolute atomic E-state index is 0.146. The number of halogens is 4. The van der Waals surface area contributed by atoms with Gasteiger partial charge in [-0.2, -0.15) is 13.2 Å². The highest BCUT2D eigenvalue weighted by Gasteiger charge is 2.32. The van der Waals surface area contributed by atoms with Crippen LogP contribution < -0.4 is 4.90 Å². The van der Waals surface area contributed by atoms with Crippen LogP contribution in [0.4, 0.5) is 30.4 Å². The Morgan fingerprint density at radius 1 is 1.23 bits per heavy atom. The van der Waals surface area contributed by atoms with Gasteiger partial charge in [-0.25, -0.2) is 9.98 Å². The van der Waals surface area contributed by atoms with Gasteiger partial charge in [0.2, 0.25) is 0 Å². The lowest BCUT2D eigenvalue weighted by molar-refractivity contribution is -0.141. The van der Waals surface area contributed by atoms with Crippen molar-refractivity contribution in [3.63, 3.8) is 0 Å². The number of aromatic nitrogens is 1. The van der Waals surface area contributed by atoms with E-state index in [4.69, 9.17) is 11.6 Å². The minimum Gasteiger partial charge on any atom is -0.366 e. The van der Waals surface area contributed by atoms with Gasteiger partial charge >= 0.3 is 6.18 Å². The van der Waals surface area contributed by atoms with Crippen LogP contribution in [0, 0.1) is 6.92 Å². The Kier molecular flexibility index (Phi) is 6.13. The van der Waals surface area contributed by atoms with Crippen LogP contribution in [0.1, 0.15) is 18.2 Å². The Balaban J connectivity index is 2.45. The molecule has 0 spiro atoms. The molecule has 0 aliphatic rings. The number of hydrogen-bond acceptors (Lipinski definition) is 3. The van der Waals surface area contributed by atoms with Gasteiger partial charge in [0.25, 0.3) is 0 Å². The van der Waals surface area contributed by atoms with Crippen molar-refractivity contribution in [3.8, 4) is 0 Å². The van der Waals surface area contributed by atoms with Crippen molar-refractivity contribution < 1.29 is 13.2 Å². The van der Waals surface area contributed by atoms with Gasteiger partial charge < -0.3 is 9.80 Å². The average molecular weight is 385 g/mol. The van der Waals surface area contributed by atoms with E-state index in [9.17, 15) is 13.2 Å². The number of nitrogens with zero attached hydrogens (tertiary/aromatic N) is 4. The Morgan fingerprint density at radius 2 is 1.92 bits per heavy atom. The predicted molar refractivity (Wildman–Crippen MR) is 99.9 cm³/mol. The zero-order chi connectivity index (χ0) is 19.5. The van der Waals surface area contributed by atoms with E-state index in [1.54, 1.807) is 19.5 Å². The first kappa shape index (κ1) is 20.0. The molecule has 1 aromatic heterocycles. The van der Waals surface area contributed by atoms with Crippen molar-refractivity contribution in [2.24, 2.45) is 4.99 Å². The third-order valence-electron chi connectivity index (χ3n) is 3.80. The summed E-state index contributed by atoms with van der Waals surface area (Å²) in [6.45, 7) is 4.64. The lowest BCUT2D eigenvalue weighted by Gasteiger charge is -2.22. The number of pyridine rings is 1. The minimum atomic E-state index is -4.51. The normalized spacial score (nSPS) is 11.8. The average Bonchev–Trinajstić information content (AvgIpc) is 2.60. The van der Waals surface area contributed by atoms with Crippen LogP contribution >= 0.6 is 11.6 Å². The van der Waals surface area contributed by atoms with E-state index >= 15 is 0 Å². The van der Waals surface area contributed by atoms with Crippen molar-refractivity contribution in [3.05, 3.63) is 46.6 Å². The van der Waals surface area contributed by atoms with Crippen LogP contribution in [-0.2, 0) is 6.18 Å². The molecule has 0 amide bonds. The highest BCUT2D eigenvalue weighted by Crippen LogP contribution is 2.38. The number of alkyl halides is 3. The van der Waals surface area contributed by atoms with Crippen molar-refractivity contribution >= 4 is 35.1 Å². The first-order chi connectivity index (χ1) is 12.1. The molecule has 0 N–H and O–H groups in total. The summed E-state index contributed by atoms with van der Waals surface area (Å²) < 4.78 is 38.8. The summed E-state index contributed by atoms with van der Waals surface area (Å²) in [5, 5.41) is 0.345. The molecule has 0 saturated heterocycles. The number of benzene rings is 1. The number of aryl methyl sites for hydroxylation is 1. The van der Waals surface area contributed by atoms with Crippen LogP contribution in [0.5, 0.6) is 0 Å². The molecule has 1 aromatic carbocycles. The predicted octanol–water partition coefficient (Wildman–Crippen LogP) is 5.44. The van der Waals surface area contributed by atoms with E-state index in [0.717, 1.165) is 18.2 Å². The molecule has 2 rings (SSSR count). The second-order valence-corrected chi connectivity index (χ2v) is 6.25. The number of aliphatic imine (C=N–C) groups is 1. The van der Waals surface area contributed by atoms with Gasteiger partial charge in [0.1, 0.15) is 11.5 Å². The SMILES string of the molecule is CCN(C)C=Nc1cc(C)cc(N(C)c2cccc(C(F)(F)F)n2)c1Cl. The van der Waals surface area contributed by atoms with E-state index in [2.05, 4.69) is 9.98 Å². The number of hydrogen-bond donors (Lipinski definition) is 0. The fraction of sp³-hybridized carbons (Fsp3) is 0.333. The van der Waals surface area contributed by atoms with E-state index in [-0.39, 0.29) is 5.82 Å². The first-order valence-electron chi connectivity index (χ1n) is 7.96. The van der Waals surface area contributed by atoms with Gasteiger partial charge in [-0.3, -0.25) is 0 Å². The zero-order valence-electron chi connectivity index (χ0n) is 15.0. The topological polar surface area (TPSA) is 31.7 Å². The van der Waals surface area contributed by atoms with Crippen LogP contribution in [0.15, 0.2) is 35.3 Å². The highest BCUT2D eigenvalue weighted by molar-refractivity contribution is 6.36. The van der Waals surface area contributed by atoms with E-state index in [1.807, 2.05) is 31.9 Å². The fourth-order valence-electron chi connectivity index (χ4n) is 2.20. The van der Waals surface area contributed by atoms with Crippen molar-refractivity contribution in [2.75, 3.05) is 25.5 Å². The molecule has 0 aliphatic heterocycles. The Bertz CT molecular complexity index is 806. The van der Waals surface area contributed by atoms with Crippen LogP contribution in [0.3, 0.4) is 0 Å².